The molecule has 1 atom stereocenters. The number of halogens is 1. The molecule has 0 bridgehead atoms. The van der Waals surface area contributed by atoms with E-state index in [1.54, 1.807) is 0 Å². The van der Waals surface area contributed by atoms with E-state index in [-0.39, 0.29) is 22.6 Å². The molecule has 2 rings (SSSR count). The normalized spacial score (nSPS) is 11.4. The number of carbonyl (C=O) groups is 2. The van der Waals surface area contributed by atoms with E-state index >= 15 is 0 Å². The largest absolute Gasteiger partial charge is 0.449 e. The Bertz CT molecular complexity index is 840. The minimum absolute atomic E-state index is 0.0103. The number of amides is 1. The average molecular weight is 364 g/mol. The second-order valence-corrected chi connectivity index (χ2v) is 5.45. The molecule has 0 aliphatic rings. The molecule has 0 aliphatic carbocycles. The maximum Gasteiger partial charge on any atom is 0.338 e. The number of rotatable bonds is 5. The molecule has 25 heavy (non-hydrogen) atoms. The van der Waals surface area contributed by atoms with Crippen molar-refractivity contribution in [1.29, 1.82) is 0 Å². The van der Waals surface area contributed by atoms with Crippen LogP contribution >= 0.6 is 11.6 Å². The third kappa shape index (κ3) is 4.45. The van der Waals surface area contributed by atoms with Crippen LogP contribution in [-0.2, 0) is 9.53 Å². The smallest absolute Gasteiger partial charge is 0.338 e. The first kappa shape index (κ1) is 18.2. The van der Waals surface area contributed by atoms with E-state index in [0.717, 1.165) is 0 Å². The molecule has 2 aromatic carbocycles. The minimum Gasteiger partial charge on any atom is -0.449 e. The summed E-state index contributed by atoms with van der Waals surface area (Å²) in [6.07, 6.45) is -1.18. The van der Waals surface area contributed by atoms with E-state index in [1.165, 1.54) is 49.4 Å². The van der Waals surface area contributed by atoms with Crippen LogP contribution in [0.5, 0.6) is 0 Å². The molecule has 0 spiro atoms. The van der Waals surface area contributed by atoms with E-state index in [4.69, 9.17) is 22.1 Å². The van der Waals surface area contributed by atoms with Gasteiger partial charge < -0.3 is 15.8 Å². The van der Waals surface area contributed by atoms with Gasteiger partial charge in [-0.1, -0.05) is 23.7 Å². The number of nitrogens with one attached hydrogen (secondary N) is 1. The molecule has 0 unspecified atom stereocenters. The highest BCUT2D eigenvalue weighted by Gasteiger charge is 2.22. The number of nitrogens with zero attached hydrogens (tertiary/aromatic N) is 1. The topological polar surface area (TPSA) is 125 Å². The first-order valence-corrected chi connectivity index (χ1v) is 7.47. The van der Waals surface area contributed by atoms with Crippen molar-refractivity contribution in [2.24, 2.45) is 0 Å². The highest BCUT2D eigenvalue weighted by atomic mass is 35.5. The monoisotopic (exact) mass is 363 g/mol. The van der Waals surface area contributed by atoms with Crippen molar-refractivity contribution in [2.75, 3.05) is 11.1 Å². The number of carbonyl (C=O) groups excluding carboxylic acids is 2. The van der Waals surface area contributed by atoms with Crippen molar-refractivity contribution < 1.29 is 19.2 Å². The maximum absolute atomic E-state index is 12.1. The van der Waals surface area contributed by atoms with Gasteiger partial charge in [-0.3, -0.25) is 14.9 Å². The van der Waals surface area contributed by atoms with E-state index in [2.05, 4.69) is 5.32 Å². The fraction of sp³-hybridized carbons (Fsp3) is 0.125. The van der Waals surface area contributed by atoms with Gasteiger partial charge in [-0.15, -0.1) is 0 Å². The second kappa shape index (κ2) is 7.63. The summed E-state index contributed by atoms with van der Waals surface area (Å²) < 4.78 is 5.05. The zero-order valence-electron chi connectivity index (χ0n) is 13.1. The van der Waals surface area contributed by atoms with Gasteiger partial charge in [0.15, 0.2) is 6.10 Å². The highest BCUT2D eigenvalue weighted by Crippen LogP contribution is 2.24. The lowest BCUT2D eigenvalue weighted by Crippen LogP contribution is -2.30. The third-order valence-electron chi connectivity index (χ3n) is 3.24. The lowest BCUT2D eigenvalue weighted by atomic mass is 10.2. The Labute approximate surface area is 147 Å². The van der Waals surface area contributed by atoms with Crippen LogP contribution in [0, 0.1) is 10.1 Å². The molecular weight excluding hydrogens is 350 g/mol. The van der Waals surface area contributed by atoms with E-state index in [1.807, 2.05) is 0 Å². The average Bonchev–Trinajstić information content (AvgIpc) is 2.57. The fourth-order valence-corrected chi connectivity index (χ4v) is 2.04. The number of nitro groups is 1. The lowest BCUT2D eigenvalue weighted by Gasteiger charge is -2.14. The van der Waals surface area contributed by atoms with Gasteiger partial charge in [0.25, 0.3) is 11.6 Å². The molecule has 0 saturated heterocycles. The number of benzene rings is 2. The molecule has 0 fully saturated rings. The van der Waals surface area contributed by atoms with Gasteiger partial charge >= 0.3 is 5.97 Å². The lowest BCUT2D eigenvalue weighted by molar-refractivity contribution is -0.383. The molecule has 8 nitrogen and oxygen atoms in total. The van der Waals surface area contributed by atoms with Crippen molar-refractivity contribution in [2.45, 2.75) is 13.0 Å². The molecule has 1 amide bonds. The van der Waals surface area contributed by atoms with Crippen LogP contribution in [0.15, 0.2) is 42.5 Å². The fourth-order valence-electron chi connectivity index (χ4n) is 1.93. The number of nitrogens with two attached hydrogens (primary N) is 1. The van der Waals surface area contributed by atoms with Gasteiger partial charge in [-0.05, 0) is 31.2 Å². The van der Waals surface area contributed by atoms with E-state index in [9.17, 15) is 19.7 Å². The van der Waals surface area contributed by atoms with Crippen molar-refractivity contribution in [3.8, 4) is 0 Å². The molecule has 0 aromatic heterocycles. The standard InChI is InChI=1S/C16H14ClN3O5/c1-9(25-16(22)10-6-7-11(17)12(18)8-10)15(21)19-13-4-2-3-5-14(13)20(23)24/h2-9H,18H2,1H3,(H,19,21)/t9-/m1/s1. The van der Waals surface area contributed by atoms with Crippen molar-refractivity contribution in [3.05, 3.63) is 63.2 Å². The molecule has 130 valence electrons. The van der Waals surface area contributed by atoms with Crippen molar-refractivity contribution >= 4 is 40.5 Å². The molecular formula is C16H14ClN3O5. The molecule has 0 radical (unpaired) electrons. The number of esters is 1. The summed E-state index contributed by atoms with van der Waals surface area (Å²) in [4.78, 5) is 34.5. The van der Waals surface area contributed by atoms with Crippen LogP contribution in [-0.4, -0.2) is 22.9 Å². The predicted molar refractivity (Wildman–Crippen MR) is 92.5 cm³/mol. The number of ether oxygens (including phenoxy) is 1. The zero-order valence-corrected chi connectivity index (χ0v) is 13.8. The maximum atomic E-state index is 12.1. The highest BCUT2D eigenvalue weighted by molar-refractivity contribution is 6.33. The number of nitrogen functional groups attached to an aromatic ring is 1. The van der Waals surface area contributed by atoms with Gasteiger partial charge in [-0.25, -0.2) is 4.79 Å². The van der Waals surface area contributed by atoms with Gasteiger partial charge in [0.05, 0.1) is 21.2 Å². The number of nitro benzene ring substituents is 1. The predicted octanol–water partition coefficient (Wildman–Crippen LogP) is 3.01. The first-order chi connectivity index (χ1) is 11.8. The summed E-state index contributed by atoms with van der Waals surface area (Å²) >= 11 is 5.78. The van der Waals surface area contributed by atoms with Crippen LogP contribution in [0.4, 0.5) is 17.1 Å². The number of hydrogen-bond acceptors (Lipinski definition) is 6. The summed E-state index contributed by atoms with van der Waals surface area (Å²) in [7, 11) is 0. The summed E-state index contributed by atoms with van der Waals surface area (Å²) in [5.41, 5.74) is 5.69. The molecule has 2 aromatic rings. The molecule has 0 heterocycles. The van der Waals surface area contributed by atoms with Gasteiger partial charge in [0, 0.05) is 6.07 Å². The van der Waals surface area contributed by atoms with Gasteiger partial charge in [0.2, 0.25) is 0 Å². The molecule has 3 N–H and O–H groups in total. The molecule has 0 saturated carbocycles. The zero-order chi connectivity index (χ0) is 18.6. The van der Waals surface area contributed by atoms with Crippen LogP contribution in [0.3, 0.4) is 0 Å². The van der Waals surface area contributed by atoms with E-state index in [0.29, 0.717) is 5.02 Å². The van der Waals surface area contributed by atoms with Crippen LogP contribution in [0.1, 0.15) is 17.3 Å². The summed E-state index contributed by atoms with van der Waals surface area (Å²) in [6.45, 7) is 1.35. The quantitative estimate of drug-likeness (QED) is 0.364. The van der Waals surface area contributed by atoms with Gasteiger partial charge in [-0.2, -0.15) is 0 Å². The third-order valence-corrected chi connectivity index (χ3v) is 3.59. The number of hydrogen-bond donors (Lipinski definition) is 2. The summed E-state index contributed by atoms with van der Waals surface area (Å²) in [5, 5.41) is 13.6. The number of para-hydroxylation sites is 2. The Morgan fingerprint density at radius 2 is 1.96 bits per heavy atom. The SMILES string of the molecule is C[C@@H](OC(=O)c1ccc(Cl)c(N)c1)C(=O)Nc1ccccc1[N+](=O)[O-]. The Hall–Kier alpha value is -3.13. The Kier molecular flexibility index (Phi) is 5.56. The van der Waals surface area contributed by atoms with Crippen LogP contribution in [0.25, 0.3) is 0 Å². The number of anilines is 2. The minimum atomic E-state index is -1.18. The van der Waals surface area contributed by atoms with Crippen LogP contribution < -0.4 is 11.1 Å². The van der Waals surface area contributed by atoms with E-state index < -0.39 is 22.9 Å². The van der Waals surface area contributed by atoms with Gasteiger partial charge in [0.1, 0.15) is 5.69 Å². The molecule has 0 aliphatic heterocycles. The summed E-state index contributed by atoms with van der Waals surface area (Å²) in [6, 6.07) is 9.82. The summed E-state index contributed by atoms with van der Waals surface area (Å²) in [5.74, 6) is -1.47. The van der Waals surface area contributed by atoms with Crippen LogP contribution in [0.2, 0.25) is 5.02 Å². The second-order valence-electron chi connectivity index (χ2n) is 5.05. The Balaban J connectivity index is 2.06. The van der Waals surface area contributed by atoms with Crippen molar-refractivity contribution in [1.82, 2.24) is 0 Å². The first-order valence-electron chi connectivity index (χ1n) is 7.10. The molecule has 9 heteroatoms. The Morgan fingerprint density at radius 3 is 2.60 bits per heavy atom. The Morgan fingerprint density at radius 1 is 1.28 bits per heavy atom. The van der Waals surface area contributed by atoms with Crippen molar-refractivity contribution in [3.63, 3.8) is 0 Å².